The fraction of sp³-hybridized carbons (Fsp3) is 0.200. The van der Waals surface area contributed by atoms with E-state index in [0.29, 0.717) is 6.54 Å². The lowest BCUT2D eigenvalue weighted by Crippen LogP contribution is -2.01. The predicted octanol–water partition coefficient (Wildman–Crippen LogP) is 3.52. The first-order valence-corrected chi connectivity index (χ1v) is 6.22. The predicted molar refractivity (Wildman–Crippen MR) is 78.2 cm³/mol. The van der Waals surface area contributed by atoms with Crippen LogP contribution in [0.4, 0.5) is 11.4 Å². The van der Waals surface area contributed by atoms with Gasteiger partial charge in [0.1, 0.15) is 5.75 Å². The summed E-state index contributed by atoms with van der Waals surface area (Å²) in [6.45, 7) is 2.62. The Hall–Kier alpha value is -2.56. The second kappa shape index (κ2) is 6.06. The van der Waals surface area contributed by atoms with Crippen molar-refractivity contribution in [3.63, 3.8) is 0 Å². The smallest absolute Gasteiger partial charge is 0.269 e. The summed E-state index contributed by atoms with van der Waals surface area (Å²) in [4.78, 5) is 10.2. The summed E-state index contributed by atoms with van der Waals surface area (Å²) in [6.07, 6.45) is 0. The number of hydrogen-bond acceptors (Lipinski definition) is 4. The average Bonchev–Trinajstić information content (AvgIpc) is 2.46. The van der Waals surface area contributed by atoms with Crippen molar-refractivity contribution in [3.8, 4) is 5.75 Å². The van der Waals surface area contributed by atoms with Gasteiger partial charge in [0.2, 0.25) is 0 Å². The fourth-order valence-electron chi connectivity index (χ4n) is 1.89. The first kappa shape index (κ1) is 13.9. The molecule has 2 rings (SSSR count). The van der Waals surface area contributed by atoms with Gasteiger partial charge < -0.3 is 10.1 Å². The lowest BCUT2D eigenvalue weighted by molar-refractivity contribution is -0.384. The molecule has 1 N–H and O–H groups in total. The van der Waals surface area contributed by atoms with Crippen LogP contribution in [-0.4, -0.2) is 12.0 Å². The molecule has 0 aromatic heterocycles. The van der Waals surface area contributed by atoms with E-state index >= 15 is 0 Å². The van der Waals surface area contributed by atoms with E-state index in [1.54, 1.807) is 19.2 Å². The number of nitrogens with one attached hydrogen (secondary N) is 1. The Kier molecular flexibility index (Phi) is 4.20. The van der Waals surface area contributed by atoms with Crippen molar-refractivity contribution in [2.75, 3.05) is 12.4 Å². The number of nitrogens with zero attached hydrogens (tertiary/aromatic N) is 1. The second-order valence-electron chi connectivity index (χ2n) is 4.46. The number of aryl methyl sites for hydroxylation is 1. The SMILES string of the molecule is COc1ccc(NCc2ccc([N+](=O)[O-])cc2)c(C)c1. The highest BCUT2D eigenvalue weighted by Gasteiger charge is 2.04. The average molecular weight is 272 g/mol. The van der Waals surface area contributed by atoms with E-state index in [4.69, 9.17) is 4.74 Å². The summed E-state index contributed by atoms with van der Waals surface area (Å²) in [6, 6.07) is 12.3. The number of methoxy groups -OCH3 is 1. The summed E-state index contributed by atoms with van der Waals surface area (Å²) in [7, 11) is 1.64. The number of nitro groups is 1. The molecule has 5 heteroatoms. The number of hydrogen-bond donors (Lipinski definition) is 1. The van der Waals surface area contributed by atoms with Crippen LogP contribution >= 0.6 is 0 Å². The first-order chi connectivity index (χ1) is 9.60. The maximum absolute atomic E-state index is 10.6. The molecule has 5 nitrogen and oxygen atoms in total. The minimum atomic E-state index is -0.398. The highest BCUT2D eigenvalue weighted by molar-refractivity contribution is 5.54. The van der Waals surface area contributed by atoms with Crippen molar-refractivity contribution in [3.05, 3.63) is 63.7 Å². The Morgan fingerprint density at radius 3 is 2.45 bits per heavy atom. The number of rotatable bonds is 5. The highest BCUT2D eigenvalue weighted by atomic mass is 16.6. The van der Waals surface area contributed by atoms with Gasteiger partial charge in [-0.25, -0.2) is 0 Å². The summed E-state index contributed by atoms with van der Waals surface area (Å²) in [5.74, 6) is 0.823. The van der Waals surface area contributed by atoms with E-state index in [0.717, 1.165) is 22.6 Å². The van der Waals surface area contributed by atoms with Crippen LogP contribution in [0.15, 0.2) is 42.5 Å². The van der Waals surface area contributed by atoms with E-state index in [9.17, 15) is 10.1 Å². The molecular weight excluding hydrogens is 256 g/mol. The maximum atomic E-state index is 10.6. The number of anilines is 1. The minimum absolute atomic E-state index is 0.106. The molecule has 0 spiro atoms. The maximum Gasteiger partial charge on any atom is 0.269 e. The minimum Gasteiger partial charge on any atom is -0.497 e. The van der Waals surface area contributed by atoms with Gasteiger partial charge in [-0.15, -0.1) is 0 Å². The molecule has 2 aromatic rings. The van der Waals surface area contributed by atoms with Crippen LogP contribution in [0.2, 0.25) is 0 Å². The topological polar surface area (TPSA) is 64.4 Å². The fourth-order valence-corrected chi connectivity index (χ4v) is 1.89. The van der Waals surface area contributed by atoms with Crippen LogP contribution < -0.4 is 10.1 Å². The van der Waals surface area contributed by atoms with E-state index in [2.05, 4.69) is 5.32 Å². The molecule has 0 unspecified atom stereocenters. The van der Waals surface area contributed by atoms with Crippen LogP contribution in [0.1, 0.15) is 11.1 Å². The van der Waals surface area contributed by atoms with Crippen LogP contribution in [-0.2, 0) is 6.54 Å². The third kappa shape index (κ3) is 3.26. The normalized spacial score (nSPS) is 10.1. The monoisotopic (exact) mass is 272 g/mol. The zero-order valence-corrected chi connectivity index (χ0v) is 11.4. The van der Waals surface area contributed by atoms with Crippen molar-refractivity contribution in [2.45, 2.75) is 13.5 Å². The van der Waals surface area contributed by atoms with Crippen molar-refractivity contribution < 1.29 is 9.66 Å². The van der Waals surface area contributed by atoms with Crippen LogP contribution in [0.3, 0.4) is 0 Å². The molecular formula is C15H16N2O3. The van der Waals surface area contributed by atoms with Gasteiger partial charge in [-0.2, -0.15) is 0 Å². The van der Waals surface area contributed by atoms with Gasteiger partial charge in [-0.05, 0) is 36.2 Å². The number of benzene rings is 2. The lowest BCUT2D eigenvalue weighted by atomic mass is 10.1. The zero-order chi connectivity index (χ0) is 14.5. The zero-order valence-electron chi connectivity index (χ0n) is 11.4. The van der Waals surface area contributed by atoms with Crippen molar-refractivity contribution in [1.29, 1.82) is 0 Å². The third-order valence-electron chi connectivity index (χ3n) is 3.06. The molecule has 0 atom stereocenters. The van der Waals surface area contributed by atoms with Gasteiger partial charge in [0.05, 0.1) is 12.0 Å². The highest BCUT2D eigenvalue weighted by Crippen LogP contribution is 2.22. The Labute approximate surface area is 117 Å². The number of non-ortho nitro benzene ring substituents is 1. The molecule has 0 radical (unpaired) electrons. The van der Waals surface area contributed by atoms with Crippen molar-refractivity contribution in [1.82, 2.24) is 0 Å². The molecule has 20 heavy (non-hydrogen) atoms. The second-order valence-corrected chi connectivity index (χ2v) is 4.46. The molecule has 0 heterocycles. The van der Waals surface area contributed by atoms with E-state index in [-0.39, 0.29) is 5.69 Å². The van der Waals surface area contributed by atoms with E-state index in [1.807, 2.05) is 25.1 Å². The van der Waals surface area contributed by atoms with E-state index < -0.39 is 4.92 Å². The Morgan fingerprint density at radius 2 is 1.90 bits per heavy atom. The molecule has 0 aliphatic rings. The van der Waals surface area contributed by atoms with Crippen LogP contribution in [0.5, 0.6) is 5.75 Å². The third-order valence-corrected chi connectivity index (χ3v) is 3.06. The van der Waals surface area contributed by atoms with Crippen LogP contribution in [0, 0.1) is 17.0 Å². The Morgan fingerprint density at radius 1 is 1.20 bits per heavy atom. The molecule has 0 bridgehead atoms. The molecule has 0 amide bonds. The van der Waals surface area contributed by atoms with Gasteiger partial charge in [-0.1, -0.05) is 12.1 Å². The van der Waals surface area contributed by atoms with Gasteiger partial charge in [0, 0.05) is 24.4 Å². The molecule has 2 aromatic carbocycles. The summed E-state index contributed by atoms with van der Waals surface area (Å²) in [5, 5.41) is 13.9. The number of ether oxygens (including phenoxy) is 1. The quantitative estimate of drug-likeness (QED) is 0.668. The molecule has 104 valence electrons. The van der Waals surface area contributed by atoms with Gasteiger partial charge in [0.15, 0.2) is 0 Å². The van der Waals surface area contributed by atoms with Crippen molar-refractivity contribution >= 4 is 11.4 Å². The van der Waals surface area contributed by atoms with E-state index in [1.165, 1.54) is 12.1 Å². The largest absolute Gasteiger partial charge is 0.497 e. The molecule has 0 saturated carbocycles. The summed E-state index contributed by atoms with van der Waals surface area (Å²) in [5.41, 5.74) is 3.20. The molecule has 0 aliphatic heterocycles. The first-order valence-electron chi connectivity index (χ1n) is 6.22. The van der Waals surface area contributed by atoms with Gasteiger partial charge in [0.25, 0.3) is 5.69 Å². The Balaban J connectivity index is 2.03. The van der Waals surface area contributed by atoms with Gasteiger partial charge >= 0.3 is 0 Å². The van der Waals surface area contributed by atoms with Crippen LogP contribution in [0.25, 0.3) is 0 Å². The standard InChI is InChI=1S/C15H16N2O3/c1-11-9-14(20-2)7-8-15(11)16-10-12-3-5-13(6-4-12)17(18)19/h3-9,16H,10H2,1-2H3. The molecule has 0 saturated heterocycles. The van der Waals surface area contributed by atoms with Gasteiger partial charge in [-0.3, -0.25) is 10.1 Å². The van der Waals surface area contributed by atoms with Crippen molar-refractivity contribution in [2.24, 2.45) is 0 Å². The Bertz CT molecular complexity index is 609. The molecule has 0 fully saturated rings. The molecule has 0 aliphatic carbocycles. The summed E-state index contributed by atoms with van der Waals surface area (Å²) < 4.78 is 5.16. The number of nitro benzene ring substituents is 1. The summed E-state index contributed by atoms with van der Waals surface area (Å²) >= 11 is 0. The lowest BCUT2D eigenvalue weighted by Gasteiger charge is -2.11.